The number of fused-ring (bicyclic) bond motifs is 10. The van der Waals surface area contributed by atoms with E-state index in [9.17, 15) is 13.5 Å². The molecular formula is C81H130BrLiN4O5SSi2. The molecule has 5 saturated carbocycles. The van der Waals surface area contributed by atoms with Crippen LogP contribution in [-0.2, 0) is 18.9 Å². The predicted octanol–water partition coefficient (Wildman–Crippen LogP) is 19.5. The van der Waals surface area contributed by atoms with Gasteiger partial charge in [-0.1, -0.05) is 193 Å². The van der Waals surface area contributed by atoms with Gasteiger partial charge in [-0.2, -0.15) is 13.5 Å². The molecule has 8 aliphatic carbocycles. The first-order valence-electron chi connectivity index (χ1n) is 36.9. The normalized spacial score (nSPS) is 30.8. The van der Waals surface area contributed by atoms with Gasteiger partial charge < -0.3 is 14.0 Å². The molecule has 0 radical (unpaired) electrons. The fourth-order valence-corrected chi connectivity index (χ4v) is 22.4. The summed E-state index contributed by atoms with van der Waals surface area (Å²) in [6, 6.07) is 12.4. The number of hydrazone groups is 1. The molecule has 2 heterocycles. The van der Waals surface area contributed by atoms with Gasteiger partial charge in [0.2, 0.25) is 0 Å². The fourth-order valence-electron chi connectivity index (χ4n) is 17.9. The maximum absolute atomic E-state index is 14.1. The zero-order valence-electron chi connectivity index (χ0n) is 64.6. The number of rotatable bonds is 11. The Balaban J connectivity index is 0.000000256. The van der Waals surface area contributed by atoms with Crippen LogP contribution in [0.15, 0.2) is 105 Å². The van der Waals surface area contributed by atoms with Gasteiger partial charge in [-0.25, -0.2) is 4.83 Å². The molecule has 0 aliphatic heterocycles. The number of allylic oxidation sites excluding steroid dienone is 4. The average Bonchev–Trinajstić information content (AvgIpc) is 1.70. The van der Waals surface area contributed by atoms with Crippen LogP contribution < -0.4 is 28.8 Å². The Hall–Kier alpha value is -2.45. The minimum absolute atomic E-state index is 0. The monoisotopic (exact) mass is 1410 g/mol. The van der Waals surface area contributed by atoms with Crippen molar-refractivity contribution in [2.75, 3.05) is 0 Å². The van der Waals surface area contributed by atoms with E-state index in [1.54, 1.807) is 49.9 Å². The molecule has 5 fully saturated rings. The third-order valence-corrected chi connectivity index (χ3v) is 36.1. The van der Waals surface area contributed by atoms with Crippen molar-refractivity contribution in [1.29, 1.82) is 0 Å². The van der Waals surface area contributed by atoms with E-state index in [4.69, 9.17) is 14.0 Å². The zero-order chi connectivity index (χ0) is 70.2. The van der Waals surface area contributed by atoms with Gasteiger partial charge >= 0.3 is 18.9 Å². The van der Waals surface area contributed by atoms with Crippen LogP contribution in [0.2, 0.25) is 36.3 Å². The molecular weight excluding hydrogens is 1280 g/mol. The van der Waals surface area contributed by atoms with Gasteiger partial charge in [0.05, 0.1) is 4.90 Å². The van der Waals surface area contributed by atoms with Crippen molar-refractivity contribution < 1.29 is 41.2 Å². The van der Waals surface area contributed by atoms with Crippen LogP contribution in [0.1, 0.15) is 282 Å². The van der Waals surface area contributed by atoms with E-state index in [1.165, 1.54) is 68.9 Å². The van der Waals surface area contributed by atoms with Gasteiger partial charge in [-0.05, 0) is 264 Å². The van der Waals surface area contributed by atoms with E-state index in [-0.39, 0.29) is 51.6 Å². The maximum Gasteiger partial charge on any atom is 1.00 e. The Morgan fingerprint density at radius 3 is 1.44 bits per heavy atom. The summed E-state index contributed by atoms with van der Waals surface area (Å²) in [4.78, 5) is 11.5. The summed E-state index contributed by atoms with van der Waals surface area (Å²) in [7, 11) is -7.35. The van der Waals surface area contributed by atoms with E-state index >= 15 is 0 Å². The van der Waals surface area contributed by atoms with E-state index in [1.807, 2.05) is 32.2 Å². The molecule has 1 aromatic carbocycles. The molecule has 12 atom stereocenters. The molecule has 6 unspecified atom stereocenters. The Bertz CT molecular complexity index is 3260. The molecule has 0 saturated heterocycles. The molecule has 526 valence electrons. The molecule has 95 heavy (non-hydrogen) atoms. The zero-order valence-corrected chi connectivity index (χ0v) is 69.0. The summed E-state index contributed by atoms with van der Waals surface area (Å²) in [5.41, 5.74) is 10.5. The van der Waals surface area contributed by atoms with Crippen molar-refractivity contribution in [2.45, 2.75) is 318 Å². The maximum atomic E-state index is 14.1. The summed E-state index contributed by atoms with van der Waals surface area (Å²) >= 11 is 3.25. The summed E-state index contributed by atoms with van der Waals surface area (Å²) in [5, 5.41) is 15.5. The van der Waals surface area contributed by atoms with Crippen molar-refractivity contribution in [3.63, 3.8) is 0 Å². The first-order valence-corrected chi connectivity index (χ1v) is 44.9. The smallest absolute Gasteiger partial charge is 0.850 e. The van der Waals surface area contributed by atoms with Gasteiger partial charge in [-0.3, -0.25) is 9.97 Å². The molecule has 14 heteroatoms. The van der Waals surface area contributed by atoms with E-state index in [0.29, 0.717) is 51.6 Å². The standard InChI is InChI=1S/C40H66N2O3SSi.C30H45NOSi.C5H4BrN.C4H9O.C2H6.Li/c1-25(2)28-22-32(26(3)4)37(33(23-28)27(5)6)46(43,44)42-41-36-17-16-34-31-15-14-29-24-30(45-47(12,13)38(7,8)9)18-20-39(29,10)35(31)19-21-40(34,36)11;1-28(2,3)33(6,7)32-23-14-16-29(4)22(19-23)10-11-24-26-13-12-25(21-9-8-18-31-20-21)30(26,5)17-15-27(24)29;6-5-2-1-3-7-4-5;1-4(2,3)5;1-2;/h14,22-23,25-27,30-31,34-35,42H,15-21,24H2,1-13H3;8-10,12,18,20,23-24,26-27H,11,13-17,19H2,1-7H3;1-4H;1-3H3;1-2H3;/q;;;-1;;+1/b41-36+;;;;;/t30-,31?,34?,35?,39-,40-;23-,24?,26?,27?,29-,30+;;;;/m00..../s1. The predicted molar refractivity (Wildman–Crippen MR) is 405 cm³/mol. The number of benzene rings is 1. The summed E-state index contributed by atoms with van der Waals surface area (Å²) < 4.78 is 43.2. The van der Waals surface area contributed by atoms with Crippen molar-refractivity contribution in [3.8, 4) is 0 Å². The molecule has 3 aromatic rings. The molecule has 9 nitrogen and oxygen atoms in total. The van der Waals surface area contributed by atoms with Crippen molar-refractivity contribution in [1.82, 2.24) is 14.8 Å². The number of sulfonamides is 1. The topological polar surface area (TPSA) is 126 Å². The summed E-state index contributed by atoms with van der Waals surface area (Å²) in [6.07, 6.45) is 33.9. The van der Waals surface area contributed by atoms with Crippen LogP contribution in [0.4, 0.5) is 0 Å². The van der Waals surface area contributed by atoms with Crippen molar-refractivity contribution in [3.05, 3.63) is 117 Å². The van der Waals surface area contributed by atoms with Crippen molar-refractivity contribution in [2.24, 2.45) is 62.3 Å². The molecule has 0 bridgehead atoms. The molecule has 0 amide bonds. The average molecular weight is 1420 g/mol. The first kappa shape index (κ1) is 81.5. The number of halogens is 1. The van der Waals surface area contributed by atoms with E-state index in [0.717, 1.165) is 77.6 Å². The Morgan fingerprint density at radius 2 is 1.04 bits per heavy atom. The summed E-state index contributed by atoms with van der Waals surface area (Å²) in [6.45, 7) is 55.5. The number of aromatic nitrogens is 2. The van der Waals surface area contributed by atoms with Crippen LogP contribution in [0, 0.1) is 57.2 Å². The number of nitrogens with zero attached hydrogens (tertiary/aromatic N) is 3. The van der Waals surface area contributed by atoms with Crippen LogP contribution in [0.3, 0.4) is 0 Å². The molecule has 8 aliphatic rings. The molecule has 2 aromatic heterocycles. The van der Waals surface area contributed by atoms with Crippen LogP contribution >= 0.6 is 15.9 Å². The van der Waals surface area contributed by atoms with Gasteiger partial charge in [0, 0.05) is 52.6 Å². The van der Waals surface area contributed by atoms with E-state index in [2.05, 4.69) is 216 Å². The van der Waals surface area contributed by atoms with Crippen LogP contribution in [0.5, 0.6) is 0 Å². The van der Waals surface area contributed by atoms with Crippen LogP contribution in [-0.4, -0.2) is 58.5 Å². The third-order valence-electron chi connectivity index (χ3n) is 25.2. The molecule has 11 rings (SSSR count). The largest absolute Gasteiger partial charge is 1.00 e. The van der Waals surface area contributed by atoms with Gasteiger partial charge in [0.25, 0.3) is 10.0 Å². The number of hydrogen-bond donors (Lipinski definition) is 1. The van der Waals surface area contributed by atoms with Gasteiger partial charge in [0.15, 0.2) is 16.6 Å². The van der Waals surface area contributed by atoms with Crippen molar-refractivity contribution >= 4 is 53.9 Å². The second-order valence-corrected chi connectivity index (χ2v) is 47.5. The summed E-state index contributed by atoms with van der Waals surface area (Å²) in [5.74, 6) is 4.82. The first-order chi connectivity index (χ1) is 43.5. The minimum Gasteiger partial charge on any atom is -0.850 e. The fraction of sp³-hybridized carbons (Fsp3) is 0.716. The Kier molecular flexibility index (Phi) is 27.0. The SMILES string of the molecule is Brc1cccnc1.CC.CC(C)(C)[O-].CC(C)(C)[Si](C)(C)O[C@H]1CC[C@@]2(C)C(=CCC3C2CC[C@]2(C)C(c4cccnc4)=CCC32)C1.CC(C)c1cc(C(C)C)c(S(=O)(=O)N/N=C2\CCC3C4CC=C5C[C@@H](O[Si](C)(C)C(C)(C)C)CC[C@]5(C)C4CC[C@]23C)c(C(C)C)c1.[Li+]. The molecule has 1 N–H and O–H groups in total. The minimum atomic E-state index is -3.84. The number of pyridine rings is 2. The molecule has 0 spiro atoms. The Labute approximate surface area is 603 Å². The van der Waals surface area contributed by atoms with Gasteiger partial charge in [-0.15, -0.1) is 5.60 Å². The third kappa shape index (κ3) is 18.1. The quantitative estimate of drug-likeness (QED) is 0.115. The second-order valence-electron chi connectivity index (χ2n) is 35.5. The Morgan fingerprint density at radius 1 is 0.611 bits per heavy atom. The number of hydrogen-bond acceptors (Lipinski definition) is 8. The second kappa shape index (κ2) is 31.4. The number of nitrogens with one attached hydrogen (secondary N) is 1. The van der Waals surface area contributed by atoms with Gasteiger partial charge in [0.1, 0.15) is 0 Å². The van der Waals surface area contributed by atoms with E-state index < -0.39 is 32.3 Å². The van der Waals surface area contributed by atoms with Crippen LogP contribution in [0.25, 0.3) is 5.57 Å².